The summed E-state index contributed by atoms with van der Waals surface area (Å²) < 4.78 is 13.4. The van der Waals surface area contributed by atoms with Crippen LogP contribution in [-0.4, -0.2) is 18.0 Å². The Labute approximate surface area is 126 Å². The molecule has 0 aliphatic heterocycles. The van der Waals surface area contributed by atoms with Crippen LogP contribution in [0.25, 0.3) is 0 Å². The fourth-order valence-corrected chi connectivity index (χ4v) is 1.75. The van der Waals surface area contributed by atoms with Gasteiger partial charge in [0.05, 0.1) is 6.21 Å². The van der Waals surface area contributed by atoms with Crippen LogP contribution in [0.15, 0.2) is 53.6 Å². The molecule has 5 nitrogen and oxygen atoms in total. The molecule has 0 atom stereocenters. The normalized spacial score (nSPS) is 10.5. The van der Waals surface area contributed by atoms with Gasteiger partial charge in [0.25, 0.3) is 5.91 Å². The number of anilines is 1. The minimum atomic E-state index is -0.459. The first kappa shape index (κ1) is 15.4. The molecule has 0 bridgehead atoms. The number of rotatable bonds is 4. The lowest BCUT2D eigenvalue weighted by Crippen LogP contribution is -2.18. The molecule has 0 saturated carbocycles. The van der Waals surface area contributed by atoms with Gasteiger partial charge < -0.3 is 5.32 Å². The summed E-state index contributed by atoms with van der Waals surface area (Å²) in [5.41, 5.74) is 3.42. The molecule has 0 saturated heterocycles. The average molecular weight is 299 g/mol. The van der Waals surface area contributed by atoms with Crippen molar-refractivity contribution in [2.24, 2.45) is 5.10 Å². The van der Waals surface area contributed by atoms with Crippen LogP contribution < -0.4 is 10.7 Å². The van der Waals surface area contributed by atoms with Crippen molar-refractivity contribution in [2.45, 2.75) is 6.92 Å². The fraction of sp³-hybridized carbons (Fsp3) is 0.0625. The van der Waals surface area contributed by atoms with Crippen LogP contribution >= 0.6 is 0 Å². The molecule has 2 aromatic rings. The van der Waals surface area contributed by atoms with E-state index >= 15 is 0 Å². The zero-order chi connectivity index (χ0) is 15.9. The Hall–Kier alpha value is -3.02. The highest BCUT2D eigenvalue weighted by atomic mass is 19.1. The summed E-state index contributed by atoms with van der Waals surface area (Å²) in [6, 6.07) is 12.5. The molecule has 0 fully saturated rings. The molecule has 22 heavy (non-hydrogen) atoms. The highest BCUT2D eigenvalue weighted by Crippen LogP contribution is 2.10. The SMILES string of the molecule is CC(=O)Nc1cccc(C(=O)N/N=C/c2ccccc2F)c1. The monoisotopic (exact) mass is 299 g/mol. The second kappa shape index (κ2) is 7.12. The van der Waals surface area contributed by atoms with Gasteiger partial charge in [-0.15, -0.1) is 0 Å². The summed E-state index contributed by atoms with van der Waals surface area (Å²) in [6.07, 6.45) is 1.23. The predicted molar refractivity (Wildman–Crippen MR) is 82.2 cm³/mol. The lowest BCUT2D eigenvalue weighted by Gasteiger charge is -2.04. The Kier molecular flexibility index (Phi) is 4.98. The van der Waals surface area contributed by atoms with Crippen LogP contribution in [0.2, 0.25) is 0 Å². The lowest BCUT2D eigenvalue weighted by atomic mass is 10.2. The van der Waals surface area contributed by atoms with Crippen molar-refractivity contribution in [3.8, 4) is 0 Å². The maximum atomic E-state index is 13.4. The molecule has 0 aliphatic carbocycles. The molecule has 0 radical (unpaired) electrons. The van der Waals surface area contributed by atoms with Gasteiger partial charge in [-0.05, 0) is 24.3 Å². The number of hydrogen-bond donors (Lipinski definition) is 2. The highest BCUT2D eigenvalue weighted by molar-refractivity contribution is 5.97. The first-order valence-corrected chi connectivity index (χ1v) is 6.52. The van der Waals surface area contributed by atoms with Crippen LogP contribution in [0, 0.1) is 5.82 Å². The molecule has 0 aromatic heterocycles. The van der Waals surface area contributed by atoms with E-state index in [0.29, 0.717) is 11.3 Å². The van der Waals surface area contributed by atoms with E-state index in [2.05, 4.69) is 15.8 Å². The minimum Gasteiger partial charge on any atom is -0.326 e. The second-order valence-electron chi connectivity index (χ2n) is 4.48. The van der Waals surface area contributed by atoms with Crippen LogP contribution in [0.3, 0.4) is 0 Å². The molecular formula is C16H14FN3O2. The largest absolute Gasteiger partial charge is 0.326 e. The second-order valence-corrected chi connectivity index (χ2v) is 4.48. The number of nitrogens with one attached hydrogen (secondary N) is 2. The van der Waals surface area contributed by atoms with E-state index in [-0.39, 0.29) is 11.5 Å². The zero-order valence-corrected chi connectivity index (χ0v) is 11.8. The smallest absolute Gasteiger partial charge is 0.271 e. The maximum absolute atomic E-state index is 13.4. The zero-order valence-electron chi connectivity index (χ0n) is 11.8. The Bertz CT molecular complexity index is 729. The summed E-state index contributed by atoms with van der Waals surface area (Å²) >= 11 is 0. The van der Waals surface area contributed by atoms with Gasteiger partial charge in [0.2, 0.25) is 5.91 Å². The molecule has 6 heteroatoms. The van der Waals surface area contributed by atoms with E-state index in [1.807, 2.05) is 0 Å². The Morgan fingerprint density at radius 2 is 1.91 bits per heavy atom. The standard InChI is InChI=1S/C16H14FN3O2/c1-11(21)19-14-7-4-6-12(9-14)16(22)20-18-10-13-5-2-3-8-15(13)17/h2-10H,1H3,(H,19,21)(H,20,22)/b18-10+. The van der Waals surface area contributed by atoms with E-state index < -0.39 is 11.7 Å². The van der Waals surface area contributed by atoms with E-state index in [1.165, 1.54) is 25.3 Å². The molecule has 0 heterocycles. The van der Waals surface area contributed by atoms with Gasteiger partial charge in [-0.2, -0.15) is 5.10 Å². The number of hydrazone groups is 1. The van der Waals surface area contributed by atoms with E-state index in [4.69, 9.17) is 0 Å². The highest BCUT2D eigenvalue weighted by Gasteiger charge is 2.05. The third kappa shape index (κ3) is 4.24. The third-order valence-electron chi connectivity index (χ3n) is 2.72. The maximum Gasteiger partial charge on any atom is 0.271 e. The van der Waals surface area contributed by atoms with Crippen LogP contribution in [0.5, 0.6) is 0 Å². The molecule has 2 amide bonds. The number of hydrogen-bond acceptors (Lipinski definition) is 3. The van der Waals surface area contributed by atoms with E-state index in [1.54, 1.807) is 36.4 Å². The molecule has 0 unspecified atom stereocenters. The van der Waals surface area contributed by atoms with Crippen molar-refractivity contribution in [3.63, 3.8) is 0 Å². The minimum absolute atomic E-state index is 0.227. The molecule has 2 aromatic carbocycles. The van der Waals surface area contributed by atoms with Gasteiger partial charge in [0.15, 0.2) is 0 Å². The van der Waals surface area contributed by atoms with Gasteiger partial charge in [-0.1, -0.05) is 24.3 Å². The topological polar surface area (TPSA) is 70.6 Å². The van der Waals surface area contributed by atoms with Gasteiger partial charge in [0, 0.05) is 23.7 Å². The average Bonchev–Trinajstić information content (AvgIpc) is 2.48. The van der Waals surface area contributed by atoms with Crippen molar-refractivity contribution in [2.75, 3.05) is 5.32 Å². The van der Waals surface area contributed by atoms with E-state index in [9.17, 15) is 14.0 Å². The Morgan fingerprint density at radius 3 is 2.64 bits per heavy atom. The van der Waals surface area contributed by atoms with Crippen molar-refractivity contribution in [3.05, 3.63) is 65.5 Å². The molecule has 0 spiro atoms. The van der Waals surface area contributed by atoms with Crippen molar-refractivity contribution in [1.29, 1.82) is 0 Å². The number of benzene rings is 2. The Morgan fingerprint density at radius 1 is 1.14 bits per heavy atom. The summed E-state index contributed by atoms with van der Waals surface area (Å²) in [4.78, 5) is 22.9. The van der Waals surface area contributed by atoms with Crippen molar-refractivity contribution < 1.29 is 14.0 Å². The number of carbonyl (C=O) groups excluding carboxylic acids is 2. The number of halogens is 1. The first-order chi connectivity index (χ1) is 10.6. The number of nitrogens with zero attached hydrogens (tertiary/aromatic N) is 1. The van der Waals surface area contributed by atoms with Crippen LogP contribution in [-0.2, 0) is 4.79 Å². The molecule has 112 valence electrons. The summed E-state index contributed by atoms with van der Waals surface area (Å²) in [6.45, 7) is 1.38. The summed E-state index contributed by atoms with van der Waals surface area (Å²) in [5, 5.41) is 6.30. The van der Waals surface area contributed by atoms with Crippen molar-refractivity contribution >= 4 is 23.7 Å². The molecule has 0 aliphatic rings. The molecule has 2 rings (SSSR count). The van der Waals surface area contributed by atoms with Crippen molar-refractivity contribution in [1.82, 2.24) is 5.43 Å². The number of amides is 2. The predicted octanol–water partition coefficient (Wildman–Crippen LogP) is 2.55. The quantitative estimate of drug-likeness (QED) is 0.673. The molecular weight excluding hydrogens is 285 g/mol. The first-order valence-electron chi connectivity index (χ1n) is 6.52. The van der Waals surface area contributed by atoms with Gasteiger partial charge >= 0.3 is 0 Å². The van der Waals surface area contributed by atoms with E-state index in [0.717, 1.165) is 0 Å². The Balaban J connectivity index is 2.03. The van der Waals surface area contributed by atoms with Gasteiger partial charge in [-0.3, -0.25) is 9.59 Å². The summed E-state index contributed by atoms with van der Waals surface area (Å²) in [5.74, 6) is -1.11. The third-order valence-corrected chi connectivity index (χ3v) is 2.72. The summed E-state index contributed by atoms with van der Waals surface area (Å²) in [7, 11) is 0. The lowest BCUT2D eigenvalue weighted by molar-refractivity contribution is -0.114. The molecule has 2 N–H and O–H groups in total. The number of carbonyl (C=O) groups is 2. The van der Waals surface area contributed by atoms with Gasteiger partial charge in [-0.25, -0.2) is 9.82 Å². The van der Waals surface area contributed by atoms with Crippen LogP contribution in [0.1, 0.15) is 22.8 Å². The van der Waals surface area contributed by atoms with Gasteiger partial charge in [0.1, 0.15) is 5.82 Å². The fourth-order valence-electron chi connectivity index (χ4n) is 1.75. The van der Waals surface area contributed by atoms with Crippen LogP contribution in [0.4, 0.5) is 10.1 Å².